The highest BCUT2D eigenvalue weighted by molar-refractivity contribution is 7.12. The summed E-state index contributed by atoms with van der Waals surface area (Å²) in [5.41, 5.74) is 7.66. The van der Waals surface area contributed by atoms with Gasteiger partial charge in [0.2, 0.25) is 5.13 Å². The van der Waals surface area contributed by atoms with Crippen molar-refractivity contribution in [2.45, 2.75) is 0 Å². The Bertz CT molecular complexity index is 675. The molecule has 0 aliphatic heterocycles. The molecule has 0 saturated carbocycles. The van der Waals surface area contributed by atoms with Gasteiger partial charge >= 0.3 is 0 Å². The molecule has 4 nitrogen and oxygen atoms in total. The molecule has 3 aromatic rings. The minimum absolute atomic E-state index is 0.555. The van der Waals surface area contributed by atoms with Crippen LogP contribution in [0.25, 0.3) is 16.4 Å². The molecule has 6 heteroatoms. The summed E-state index contributed by atoms with van der Waals surface area (Å²) in [7, 11) is 0. The van der Waals surface area contributed by atoms with Crippen molar-refractivity contribution < 1.29 is 0 Å². The zero-order valence-corrected chi connectivity index (χ0v) is 10.8. The van der Waals surface area contributed by atoms with Crippen LogP contribution in [0.1, 0.15) is 0 Å². The molecule has 2 aromatic heterocycles. The van der Waals surface area contributed by atoms with Crippen molar-refractivity contribution in [2.24, 2.45) is 0 Å². The zero-order chi connectivity index (χ0) is 12.5. The van der Waals surface area contributed by atoms with E-state index in [9.17, 15) is 0 Å². The number of thiazole rings is 1. The van der Waals surface area contributed by atoms with Crippen LogP contribution in [0, 0.1) is 0 Å². The van der Waals surface area contributed by atoms with Gasteiger partial charge in [-0.05, 0) is 12.1 Å². The van der Waals surface area contributed by atoms with Gasteiger partial charge in [-0.1, -0.05) is 23.7 Å². The first kappa shape index (κ1) is 11.3. The monoisotopic (exact) mass is 276 g/mol. The molecule has 90 valence electrons. The van der Waals surface area contributed by atoms with Gasteiger partial charge < -0.3 is 5.73 Å². The van der Waals surface area contributed by atoms with E-state index in [1.807, 2.05) is 35.7 Å². The Morgan fingerprint density at radius 3 is 2.89 bits per heavy atom. The van der Waals surface area contributed by atoms with E-state index >= 15 is 0 Å². The number of nitrogen functional groups attached to an aromatic ring is 1. The molecule has 18 heavy (non-hydrogen) atoms. The lowest BCUT2D eigenvalue weighted by Crippen LogP contribution is -2.00. The lowest BCUT2D eigenvalue weighted by atomic mass is 10.1. The predicted molar refractivity (Wildman–Crippen MR) is 74.1 cm³/mol. The summed E-state index contributed by atoms with van der Waals surface area (Å²) in [6.45, 7) is 0. The molecule has 0 aliphatic rings. The number of aromatic nitrogens is 3. The lowest BCUT2D eigenvalue weighted by Gasteiger charge is -1.98. The molecule has 0 atom stereocenters. The van der Waals surface area contributed by atoms with Crippen molar-refractivity contribution in [1.82, 2.24) is 14.8 Å². The van der Waals surface area contributed by atoms with E-state index in [2.05, 4.69) is 10.1 Å². The van der Waals surface area contributed by atoms with Crippen LogP contribution in [-0.2, 0) is 0 Å². The molecular formula is C12H9ClN4S. The molecule has 0 bridgehead atoms. The van der Waals surface area contributed by atoms with Crippen molar-refractivity contribution in [1.29, 1.82) is 0 Å². The molecule has 0 saturated heterocycles. The molecule has 3 rings (SSSR count). The van der Waals surface area contributed by atoms with Crippen LogP contribution in [0.15, 0.2) is 41.9 Å². The highest BCUT2D eigenvalue weighted by Gasteiger charge is 2.10. The summed E-state index contributed by atoms with van der Waals surface area (Å²) >= 11 is 7.45. The summed E-state index contributed by atoms with van der Waals surface area (Å²) < 4.78 is 1.63. The fourth-order valence-electron chi connectivity index (χ4n) is 1.66. The van der Waals surface area contributed by atoms with Gasteiger partial charge in [0.05, 0.1) is 5.69 Å². The number of halogens is 1. The van der Waals surface area contributed by atoms with Crippen molar-refractivity contribution in [3.63, 3.8) is 0 Å². The summed E-state index contributed by atoms with van der Waals surface area (Å²) in [4.78, 5) is 4.18. The van der Waals surface area contributed by atoms with Crippen LogP contribution < -0.4 is 5.73 Å². The van der Waals surface area contributed by atoms with E-state index in [1.165, 1.54) is 11.3 Å². The van der Waals surface area contributed by atoms with Crippen molar-refractivity contribution >= 4 is 28.8 Å². The maximum absolute atomic E-state index is 5.96. The molecule has 2 N–H and O–H groups in total. The van der Waals surface area contributed by atoms with E-state index in [-0.39, 0.29) is 0 Å². The van der Waals surface area contributed by atoms with Gasteiger partial charge in [-0.3, -0.25) is 0 Å². The van der Waals surface area contributed by atoms with Gasteiger partial charge in [0.1, 0.15) is 5.82 Å². The maximum Gasteiger partial charge on any atom is 0.212 e. The van der Waals surface area contributed by atoms with Crippen molar-refractivity contribution in [3.05, 3.63) is 46.9 Å². The number of hydrogen-bond donors (Lipinski definition) is 1. The van der Waals surface area contributed by atoms with E-state index < -0.39 is 0 Å². The first-order chi connectivity index (χ1) is 8.74. The van der Waals surface area contributed by atoms with Gasteiger partial charge in [0, 0.05) is 28.2 Å². The van der Waals surface area contributed by atoms with E-state index in [4.69, 9.17) is 17.3 Å². The topological polar surface area (TPSA) is 56.7 Å². The quantitative estimate of drug-likeness (QED) is 0.782. The largest absolute Gasteiger partial charge is 0.383 e. The second-order valence-electron chi connectivity index (χ2n) is 3.69. The molecule has 0 amide bonds. The maximum atomic E-state index is 5.96. The third-order valence-electron chi connectivity index (χ3n) is 2.46. The van der Waals surface area contributed by atoms with Crippen molar-refractivity contribution in [3.8, 4) is 16.4 Å². The predicted octanol–water partition coefficient (Wildman–Crippen LogP) is 3.23. The van der Waals surface area contributed by atoms with E-state index in [0.29, 0.717) is 10.8 Å². The standard InChI is InChI=1S/C12H9ClN4S/c13-9-3-1-2-8(6-9)10-7-11(14)17(16-10)12-15-4-5-18-12/h1-7H,14H2. The summed E-state index contributed by atoms with van der Waals surface area (Å²) in [5.74, 6) is 0.555. The molecule has 1 aromatic carbocycles. The highest BCUT2D eigenvalue weighted by Crippen LogP contribution is 2.25. The molecule has 0 spiro atoms. The number of anilines is 1. The molecule has 0 fully saturated rings. The number of nitrogens with zero attached hydrogens (tertiary/aromatic N) is 3. The van der Waals surface area contributed by atoms with E-state index in [1.54, 1.807) is 10.9 Å². The van der Waals surface area contributed by atoms with Crippen LogP contribution >= 0.6 is 22.9 Å². The minimum Gasteiger partial charge on any atom is -0.383 e. The summed E-state index contributed by atoms with van der Waals surface area (Å²) in [6.07, 6.45) is 1.72. The Balaban J connectivity index is 2.08. The van der Waals surface area contributed by atoms with Crippen LogP contribution in [0.3, 0.4) is 0 Å². The SMILES string of the molecule is Nc1cc(-c2cccc(Cl)c2)nn1-c1nccs1. The zero-order valence-electron chi connectivity index (χ0n) is 9.25. The first-order valence-electron chi connectivity index (χ1n) is 5.25. The highest BCUT2D eigenvalue weighted by atomic mass is 35.5. The van der Waals surface area contributed by atoms with Gasteiger partial charge in [-0.2, -0.15) is 9.78 Å². The van der Waals surface area contributed by atoms with Gasteiger partial charge in [0.25, 0.3) is 0 Å². The molecular weight excluding hydrogens is 268 g/mol. The molecule has 2 heterocycles. The number of hydrogen-bond acceptors (Lipinski definition) is 4. The second-order valence-corrected chi connectivity index (χ2v) is 5.00. The van der Waals surface area contributed by atoms with Crippen LogP contribution in [0.4, 0.5) is 5.82 Å². The van der Waals surface area contributed by atoms with Gasteiger partial charge in [-0.15, -0.1) is 11.3 Å². The van der Waals surface area contributed by atoms with E-state index in [0.717, 1.165) is 16.4 Å². The van der Waals surface area contributed by atoms with Crippen LogP contribution in [0.2, 0.25) is 5.02 Å². The molecule has 0 aliphatic carbocycles. The third kappa shape index (κ3) is 1.98. The Kier molecular flexibility index (Phi) is 2.77. The average molecular weight is 277 g/mol. The molecule has 0 radical (unpaired) electrons. The third-order valence-corrected chi connectivity index (χ3v) is 3.44. The van der Waals surface area contributed by atoms with Crippen LogP contribution in [-0.4, -0.2) is 14.8 Å². The lowest BCUT2D eigenvalue weighted by molar-refractivity contribution is 0.884. The Morgan fingerprint density at radius 2 is 2.17 bits per heavy atom. The number of nitrogens with two attached hydrogens (primary N) is 1. The smallest absolute Gasteiger partial charge is 0.212 e. The van der Waals surface area contributed by atoms with Crippen molar-refractivity contribution in [2.75, 3.05) is 5.73 Å². The Labute approximate surface area is 113 Å². The fourth-order valence-corrected chi connectivity index (χ4v) is 2.46. The number of benzene rings is 1. The second kappa shape index (κ2) is 4.44. The summed E-state index contributed by atoms with van der Waals surface area (Å²) in [6, 6.07) is 9.32. The average Bonchev–Trinajstić information content (AvgIpc) is 2.97. The number of rotatable bonds is 2. The van der Waals surface area contributed by atoms with Crippen LogP contribution in [0.5, 0.6) is 0 Å². The molecule has 0 unspecified atom stereocenters. The fraction of sp³-hybridized carbons (Fsp3) is 0. The summed E-state index contributed by atoms with van der Waals surface area (Å²) in [5, 5.41) is 7.76. The Hall–Kier alpha value is -1.85. The van der Waals surface area contributed by atoms with Gasteiger partial charge in [-0.25, -0.2) is 4.98 Å². The normalized spacial score (nSPS) is 10.7. The minimum atomic E-state index is 0.555. The van der Waals surface area contributed by atoms with Gasteiger partial charge in [0.15, 0.2) is 0 Å². The Morgan fingerprint density at radius 1 is 1.28 bits per heavy atom. The first-order valence-corrected chi connectivity index (χ1v) is 6.51.